The highest BCUT2D eigenvalue weighted by Crippen LogP contribution is 2.43. The number of aryl methyl sites for hydroxylation is 1. The van der Waals surface area contributed by atoms with Crippen molar-refractivity contribution in [2.45, 2.75) is 31.9 Å². The number of carbonyl (C=O) groups is 1. The second kappa shape index (κ2) is 10.7. The number of thiazole rings is 1. The first-order chi connectivity index (χ1) is 19.3. The van der Waals surface area contributed by atoms with Crippen LogP contribution >= 0.6 is 11.3 Å². The first kappa shape index (κ1) is 28.3. The van der Waals surface area contributed by atoms with Gasteiger partial charge in [0.1, 0.15) is 23.6 Å². The molecule has 0 aromatic carbocycles. The number of aliphatic hydroxyl groups excluding tert-OH is 1. The number of amides is 1. The lowest BCUT2D eigenvalue weighted by atomic mass is 10.1. The van der Waals surface area contributed by atoms with Crippen molar-refractivity contribution in [3.05, 3.63) is 35.4 Å². The molecule has 1 saturated heterocycles. The maximum atomic E-state index is 13.5. The van der Waals surface area contributed by atoms with Crippen molar-refractivity contribution in [3.8, 4) is 22.9 Å². The smallest absolute Gasteiger partial charge is 0.394 e. The molecular weight excluding hydrogens is 586 g/mol. The molecule has 1 fully saturated rings. The van der Waals surface area contributed by atoms with E-state index in [0.717, 1.165) is 12.4 Å². The number of hydrogen-bond donors (Lipinski definition) is 1. The van der Waals surface area contributed by atoms with Crippen LogP contribution in [0.1, 0.15) is 16.7 Å². The quantitative estimate of drug-likeness (QED) is 0.323. The van der Waals surface area contributed by atoms with Crippen molar-refractivity contribution in [2.24, 2.45) is 0 Å². The predicted octanol–water partition coefficient (Wildman–Crippen LogP) is 2.30. The number of alkyl halides is 6. The molecular formula is C21H18F6N10O3S. The van der Waals surface area contributed by atoms with Gasteiger partial charge < -0.3 is 19.4 Å². The van der Waals surface area contributed by atoms with Crippen molar-refractivity contribution in [1.82, 2.24) is 44.8 Å². The van der Waals surface area contributed by atoms with Gasteiger partial charge in [-0.1, -0.05) is 16.5 Å². The molecule has 20 heteroatoms. The molecule has 5 heterocycles. The SMILES string of the molecule is Cc1nc(-c2ncn(CC(=O)N3CCN(c4sc(C(F)(F)F)nc4-c4cnc(C(F)(F)F)nc4)CC3CO)n2)no1. The summed E-state index contributed by atoms with van der Waals surface area (Å²) >= 11 is 0.290. The van der Waals surface area contributed by atoms with E-state index in [1.54, 1.807) is 6.92 Å². The van der Waals surface area contributed by atoms with Crippen LogP contribution in [0.5, 0.6) is 0 Å². The largest absolute Gasteiger partial charge is 0.451 e. The van der Waals surface area contributed by atoms with Crippen LogP contribution in [0.2, 0.25) is 0 Å². The van der Waals surface area contributed by atoms with E-state index in [9.17, 15) is 36.2 Å². The maximum absolute atomic E-state index is 13.5. The van der Waals surface area contributed by atoms with Crippen molar-refractivity contribution in [1.29, 1.82) is 0 Å². The van der Waals surface area contributed by atoms with Crippen LogP contribution in [-0.2, 0) is 23.7 Å². The third-order valence-electron chi connectivity index (χ3n) is 5.89. The molecule has 1 amide bonds. The van der Waals surface area contributed by atoms with E-state index in [-0.39, 0.29) is 65.4 Å². The van der Waals surface area contributed by atoms with Gasteiger partial charge in [-0.2, -0.15) is 31.3 Å². The van der Waals surface area contributed by atoms with Crippen LogP contribution < -0.4 is 4.90 Å². The number of hydrogen-bond acceptors (Lipinski definition) is 12. The van der Waals surface area contributed by atoms with E-state index in [4.69, 9.17) is 4.52 Å². The summed E-state index contributed by atoms with van der Waals surface area (Å²) in [7, 11) is 0. The van der Waals surface area contributed by atoms with Gasteiger partial charge in [-0.15, -0.1) is 5.10 Å². The Bertz CT molecular complexity index is 1530. The summed E-state index contributed by atoms with van der Waals surface area (Å²) in [5, 5.41) is 16.6. The summed E-state index contributed by atoms with van der Waals surface area (Å²) in [4.78, 5) is 34.0. The molecule has 4 aromatic rings. The molecule has 13 nitrogen and oxygen atoms in total. The van der Waals surface area contributed by atoms with Crippen LogP contribution in [0.3, 0.4) is 0 Å². The van der Waals surface area contributed by atoms with E-state index in [1.165, 1.54) is 20.8 Å². The first-order valence-corrected chi connectivity index (χ1v) is 12.5. The number of nitrogens with zero attached hydrogens (tertiary/aromatic N) is 10. The minimum atomic E-state index is -4.84. The zero-order chi connectivity index (χ0) is 29.5. The molecule has 0 radical (unpaired) electrons. The molecule has 0 aliphatic carbocycles. The average Bonchev–Trinajstić information content (AvgIpc) is 3.67. The number of rotatable bonds is 6. The van der Waals surface area contributed by atoms with Crippen LogP contribution in [0.4, 0.5) is 31.3 Å². The number of aromatic nitrogens is 8. The molecule has 41 heavy (non-hydrogen) atoms. The predicted molar refractivity (Wildman–Crippen MR) is 126 cm³/mol. The highest BCUT2D eigenvalue weighted by molar-refractivity contribution is 7.16. The normalized spacial score (nSPS) is 16.4. The lowest BCUT2D eigenvalue weighted by Crippen LogP contribution is -2.57. The molecule has 0 saturated carbocycles. The Morgan fingerprint density at radius 2 is 1.80 bits per heavy atom. The van der Waals surface area contributed by atoms with Gasteiger partial charge in [-0.05, 0) is 0 Å². The number of halogens is 6. The molecule has 5 rings (SSSR count). The zero-order valence-electron chi connectivity index (χ0n) is 20.8. The molecule has 0 bridgehead atoms. The van der Waals surface area contributed by atoms with Gasteiger partial charge in [0.2, 0.25) is 34.3 Å². The fourth-order valence-electron chi connectivity index (χ4n) is 4.05. The second-order valence-electron chi connectivity index (χ2n) is 8.74. The van der Waals surface area contributed by atoms with Gasteiger partial charge in [0.05, 0.1) is 12.6 Å². The summed E-state index contributed by atoms with van der Waals surface area (Å²) in [6, 6.07) is -0.827. The van der Waals surface area contributed by atoms with Crippen LogP contribution in [-0.4, -0.2) is 88.1 Å². The minimum absolute atomic E-state index is 0.0115. The number of aliphatic hydroxyl groups is 1. The highest BCUT2D eigenvalue weighted by atomic mass is 32.1. The van der Waals surface area contributed by atoms with Crippen molar-refractivity contribution < 1.29 is 40.8 Å². The number of anilines is 1. The third-order valence-corrected chi connectivity index (χ3v) is 7.05. The fraction of sp³-hybridized carbons (Fsp3) is 0.429. The molecule has 4 aromatic heterocycles. The van der Waals surface area contributed by atoms with E-state index in [1.807, 2.05) is 0 Å². The summed E-state index contributed by atoms with van der Waals surface area (Å²) in [5.74, 6) is -1.33. The zero-order valence-corrected chi connectivity index (χ0v) is 21.6. The molecule has 1 unspecified atom stereocenters. The number of carbonyl (C=O) groups excluding carboxylic acids is 1. The third kappa shape index (κ3) is 5.97. The van der Waals surface area contributed by atoms with Crippen molar-refractivity contribution >= 4 is 22.2 Å². The molecule has 1 N–H and O–H groups in total. The van der Waals surface area contributed by atoms with Gasteiger partial charge in [-0.3, -0.25) is 4.79 Å². The highest BCUT2D eigenvalue weighted by Gasteiger charge is 2.40. The van der Waals surface area contributed by atoms with Gasteiger partial charge in [-0.25, -0.2) is 24.6 Å². The molecule has 1 aliphatic heterocycles. The van der Waals surface area contributed by atoms with E-state index in [0.29, 0.717) is 5.89 Å². The van der Waals surface area contributed by atoms with Crippen molar-refractivity contribution in [2.75, 3.05) is 31.1 Å². The summed E-state index contributed by atoms with van der Waals surface area (Å²) < 4.78 is 85.4. The average molecular weight is 604 g/mol. The number of piperazine rings is 1. The molecule has 0 spiro atoms. The monoisotopic (exact) mass is 604 g/mol. The van der Waals surface area contributed by atoms with Gasteiger partial charge in [0.15, 0.2) is 0 Å². The van der Waals surface area contributed by atoms with E-state index in [2.05, 4.69) is 35.2 Å². The first-order valence-electron chi connectivity index (χ1n) is 11.7. The van der Waals surface area contributed by atoms with E-state index >= 15 is 0 Å². The Morgan fingerprint density at radius 1 is 1.07 bits per heavy atom. The topological polar surface area (TPSA) is 152 Å². The fourth-order valence-corrected chi connectivity index (χ4v) is 5.04. The van der Waals surface area contributed by atoms with Gasteiger partial charge >= 0.3 is 12.4 Å². The molecule has 1 atom stereocenters. The van der Waals surface area contributed by atoms with Crippen LogP contribution in [0.15, 0.2) is 23.2 Å². The Kier molecular flexibility index (Phi) is 7.36. The van der Waals surface area contributed by atoms with E-state index < -0.39 is 41.7 Å². The minimum Gasteiger partial charge on any atom is -0.394 e. The summed E-state index contributed by atoms with van der Waals surface area (Å²) in [5.41, 5.74) is -0.419. The van der Waals surface area contributed by atoms with Crippen molar-refractivity contribution in [3.63, 3.8) is 0 Å². The maximum Gasteiger partial charge on any atom is 0.451 e. The standard InChI is InChI=1S/C21H18F6N10O3S/c1-10-31-16(34-40-10)15-30-9-36(33-15)7-13(39)37-3-2-35(6-12(37)8-38)17-14(32-19(41-17)21(25,26)27)11-4-28-18(29-5-11)20(22,23)24/h4-5,9,12,38H,2-3,6-8H2,1H3. The van der Waals surface area contributed by atoms with Crippen LogP contribution in [0.25, 0.3) is 22.9 Å². The Labute approximate surface area is 229 Å². The summed E-state index contributed by atoms with van der Waals surface area (Å²) in [6.07, 6.45) is -6.87. The Morgan fingerprint density at radius 3 is 2.41 bits per heavy atom. The van der Waals surface area contributed by atoms with Gasteiger partial charge in [0.25, 0.3) is 0 Å². The summed E-state index contributed by atoms with van der Waals surface area (Å²) in [6.45, 7) is 0.784. The van der Waals surface area contributed by atoms with Gasteiger partial charge in [0, 0.05) is 44.5 Å². The Balaban J connectivity index is 1.35. The molecule has 218 valence electrons. The lowest BCUT2D eigenvalue weighted by molar-refractivity contribution is -0.145. The second-order valence-corrected chi connectivity index (χ2v) is 9.71. The Hall–Kier alpha value is -4.20. The molecule has 1 aliphatic rings. The van der Waals surface area contributed by atoms with Crippen LogP contribution in [0, 0.1) is 6.92 Å². The lowest BCUT2D eigenvalue weighted by Gasteiger charge is -2.41.